The second kappa shape index (κ2) is 9.53. The lowest BCUT2D eigenvalue weighted by Gasteiger charge is -2.43. The lowest BCUT2D eigenvalue weighted by atomic mass is 9.76. The Morgan fingerprint density at radius 2 is 1.64 bits per heavy atom. The molecular formula is C30H28FN3O2. The standard InChI is InChI=1S/C30H28FN3O2/c31-28-9-5-4-8-25(28)24-11-14-34-13-10-23(21-6-2-1-3-7-21)26-16-22(17-27(24)29(26)34)33-30(35)32-18-20-12-15-36-19-20/h1-9,12,15-17,19,23-24H,10-11,13-14,18H2,(H2,32,33,35). The topological polar surface area (TPSA) is 57.5 Å². The van der Waals surface area contributed by atoms with Gasteiger partial charge in [0.2, 0.25) is 0 Å². The highest BCUT2D eigenvalue weighted by atomic mass is 19.1. The maximum atomic E-state index is 14.9. The van der Waals surface area contributed by atoms with Crippen molar-refractivity contribution in [1.82, 2.24) is 5.32 Å². The van der Waals surface area contributed by atoms with Crippen molar-refractivity contribution in [2.75, 3.05) is 23.3 Å². The first-order valence-corrected chi connectivity index (χ1v) is 12.5. The van der Waals surface area contributed by atoms with Crippen molar-refractivity contribution in [3.05, 3.63) is 119 Å². The average Bonchev–Trinajstić information content (AvgIpc) is 3.43. The van der Waals surface area contributed by atoms with Gasteiger partial charge in [0.05, 0.1) is 12.5 Å². The number of benzene rings is 3. The van der Waals surface area contributed by atoms with Crippen molar-refractivity contribution in [3.63, 3.8) is 0 Å². The minimum atomic E-state index is -0.287. The summed E-state index contributed by atoms with van der Waals surface area (Å²) in [7, 11) is 0. The molecule has 0 fully saturated rings. The number of amides is 2. The fraction of sp³-hybridized carbons (Fsp3) is 0.233. The van der Waals surface area contributed by atoms with E-state index in [-0.39, 0.29) is 23.7 Å². The maximum absolute atomic E-state index is 14.9. The molecule has 6 heteroatoms. The van der Waals surface area contributed by atoms with E-state index in [1.807, 2.05) is 30.3 Å². The molecule has 2 unspecified atom stereocenters. The molecule has 0 saturated heterocycles. The summed E-state index contributed by atoms with van der Waals surface area (Å²) >= 11 is 0. The van der Waals surface area contributed by atoms with Crippen LogP contribution in [0.5, 0.6) is 0 Å². The molecule has 5 nitrogen and oxygen atoms in total. The number of rotatable bonds is 5. The van der Waals surface area contributed by atoms with E-state index < -0.39 is 0 Å². The summed E-state index contributed by atoms with van der Waals surface area (Å²) in [6.45, 7) is 2.22. The van der Waals surface area contributed by atoms with Crippen LogP contribution in [-0.2, 0) is 6.54 Å². The third-order valence-corrected chi connectivity index (χ3v) is 7.38. The van der Waals surface area contributed by atoms with Crippen molar-refractivity contribution in [1.29, 1.82) is 0 Å². The predicted octanol–water partition coefficient (Wildman–Crippen LogP) is 6.62. The van der Waals surface area contributed by atoms with E-state index in [2.05, 4.69) is 45.9 Å². The summed E-state index contributed by atoms with van der Waals surface area (Å²) in [4.78, 5) is 15.2. The van der Waals surface area contributed by atoms with Gasteiger partial charge in [0.25, 0.3) is 0 Å². The lowest BCUT2D eigenvalue weighted by Crippen LogP contribution is -2.38. The Morgan fingerprint density at radius 1 is 0.917 bits per heavy atom. The van der Waals surface area contributed by atoms with Gasteiger partial charge in [-0.2, -0.15) is 0 Å². The van der Waals surface area contributed by atoms with Crippen LogP contribution in [0.4, 0.5) is 20.6 Å². The molecule has 6 rings (SSSR count). The fourth-order valence-corrected chi connectivity index (χ4v) is 5.73. The molecule has 1 aromatic heterocycles. The van der Waals surface area contributed by atoms with E-state index in [9.17, 15) is 9.18 Å². The second-order valence-corrected chi connectivity index (χ2v) is 9.54. The van der Waals surface area contributed by atoms with Gasteiger partial charge < -0.3 is 20.0 Å². The number of anilines is 2. The number of nitrogens with one attached hydrogen (secondary N) is 2. The first-order valence-electron chi connectivity index (χ1n) is 12.5. The number of carbonyl (C=O) groups excluding carboxylic acids is 1. The highest BCUT2D eigenvalue weighted by Gasteiger charge is 2.35. The molecule has 0 saturated carbocycles. The Labute approximate surface area is 209 Å². The van der Waals surface area contributed by atoms with Gasteiger partial charge in [-0.05, 0) is 59.4 Å². The van der Waals surface area contributed by atoms with Crippen LogP contribution in [-0.4, -0.2) is 19.1 Å². The number of urea groups is 1. The highest BCUT2D eigenvalue weighted by Crippen LogP contribution is 2.49. The van der Waals surface area contributed by atoms with Gasteiger partial charge in [0, 0.05) is 48.4 Å². The number of hydrogen-bond acceptors (Lipinski definition) is 3. The van der Waals surface area contributed by atoms with E-state index in [4.69, 9.17) is 4.42 Å². The van der Waals surface area contributed by atoms with Crippen molar-refractivity contribution in [2.24, 2.45) is 0 Å². The van der Waals surface area contributed by atoms with Gasteiger partial charge >= 0.3 is 6.03 Å². The molecular weight excluding hydrogens is 453 g/mol. The third-order valence-electron chi connectivity index (χ3n) is 7.38. The quantitative estimate of drug-likeness (QED) is 0.337. The minimum absolute atomic E-state index is 0.0681. The van der Waals surface area contributed by atoms with Crippen LogP contribution in [0.25, 0.3) is 0 Å². The molecule has 2 N–H and O–H groups in total. The van der Waals surface area contributed by atoms with Gasteiger partial charge in [0.1, 0.15) is 5.82 Å². The van der Waals surface area contributed by atoms with Gasteiger partial charge in [0.15, 0.2) is 0 Å². The number of hydrogen-bond donors (Lipinski definition) is 2. The first kappa shape index (κ1) is 22.4. The maximum Gasteiger partial charge on any atom is 0.319 e. The molecule has 0 spiro atoms. The first-order chi connectivity index (χ1) is 17.7. The van der Waals surface area contributed by atoms with E-state index in [1.54, 1.807) is 18.6 Å². The average molecular weight is 482 g/mol. The summed E-state index contributed by atoms with van der Waals surface area (Å²) in [5.74, 6) is -0.0379. The largest absolute Gasteiger partial charge is 0.472 e. The smallest absolute Gasteiger partial charge is 0.319 e. The van der Waals surface area contributed by atoms with Gasteiger partial charge in [-0.3, -0.25) is 0 Å². The summed E-state index contributed by atoms with van der Waals surface area (Å²) in [5, 5.41) is 5.92. The van der Waals surface area contributed by atoms with Gasteiger partial charge in [-0.1, -0.05) is 48.5 Å². The lowest BCUT2D eigenvalue weighted by molar-refractivity contribution is 0.251. The number of halogens is 1. The molecule has 2 aliphatic rings. The Kier molecular flexibility index (Phi) is 5.93. The Bertz CT molecular complexity index is 1370. The van der Waals surface area contributed by atoms with Crippen molar-refractivity contribution in [2.45, 2.75) is 31.2 Å². The monoisotopic (exact) mass is 481 g/mol. The van der Waals surface area contributed by atoms with Gasteiger partial charge in [-0.15, -0.1) is 0 Å². The Hall–Kier alpha value is -4.06. The Morgan fingerprint density at radius 3 is 2.39 bits per heavy atom. The van der Waals surface area contributed by atoms with Crippen LogP contribution in [0.2, 0.25) is 0 Å². The minimum Gasteiger partial charge on any atom is -0.472 e. The van der Waals surface area contributed by atoms with Crippen molar-refractivity contribution < 1.29 is 13.6 Å². The van der Waals surface area contributed by atoms with Crippen LogP contribution >= 0.6 is 0 Å². The molecule has 0 bridgehead atoms. The summed E-state index contributed by atoms with van der Waals surface area (Å²) in [5.41, 5.74) is 7.05. The SMILES string of the molecule is O=C(NCc1ccoc1)Nc1cc2c3c(c1)C(c1ccccc1F)CCN3CCC2c1ccccc1. The van der Waals surface area contributed by atoms with Gasteiger partial charge in [-0.25, -0.2) is 9.18 Å². The molecule has 0 radical (unpaired) electrons. The van der Waals surface area contributed by atoms with E-state index >= 15 is 0 Å². The van der Waals surface area contributed by atoms with Crippen LogP contribution in [0.15, 0.2) is 89.7 Å². The molecule has 0 aliphatic carbocycles. The number of furan rings is 1. The Balaban J connectivity index is 1.41. The summed E-state index contributed by atoms with van der Waals surface area (Å²) in [6, 6.07) is 23.2. The number of nitrogens with zero attached hydrogens (tertiary/aromatic N) is 1. The third kappa shape index (κ3) is 4.24. The second-order valence-electron chi connectivity index (χ2n) is 9.54. The molecule has 182 valence electrons. The highest BCUT2D eigenvalue weighted by molar-refractivity contribution is 5.90. The predicted molar refractivity (Wildman–Crippen MR) is 139 cm³/mol. The molecule has 2 amide bonds. The van der Waals surface area contributed by atoms with E-state index in [0.29, 0.717) is 12.1 Å². The summed E-state index contributed by atoms with van der Waals surface area (Å²) < 4.78 is 20.0. The van der Waals surface area contributed by atoms with Crippen LogP contribution < -0.4 is 15.5 Å². The molecule has 36 heavy (non-hydrogen) atoms. The normalized spacial score (nSPS) is 18.4. The van der Waals surface area contributed by atoms with Crippen LogP contribution in [0.1, 0.15) is 52.5 Å². The zero-order chi connectivity index (χ0) is 24.5. The zero-order valence-electron chi connectivity index (χ0n) is 19.9. The molecule has 2 atom stereocenters. The molecule has 4 aromatic rings. The van der Waals surface area contributed by atoms with E-state index in [0.717, 1.165) is 42.7 Å². The van der Waals surface area contributed by atoms with E-state index in [1.165, 1.54) is 22.9 Å². The number of carbonyl (C=O) groups is 1. The van der Waals surface area contributed by atoms with Crippen LogP contribution in [0.3, 0.4) is 0 Å². The van der Waals surface area contributed by atoms with Crippen LogP contribution in [0, 0.1) is 5.82 Å². The van der Waals surface area contributed by atoms with Crippen molar-refractivity contribution >= 4 is 17.4 Å². The molecule has 3 heterocycles. The summed E-state index contributed by atoms with van der Waals surface area (Å²) in [6.07, 6.45) is 5.03. The zero-order valence-corrected chi connectivity index (χ0v) is 19.9. The fourth-order valence-electron chi connectivity index (χ4n) is 5.73. The molecule has 2 aliphatic heterocycles. The molecule has 3 aromatic carbocycles. The van der Waals surface area contributed by atoms with Crippen molar-refractivity contribution in [3.8, 4) is 0 Å².